The largest absolute Gasteiger partial charge is 0.337 e. The molecular weight excluding hydrogens is 186 g/mol. The minimum atomic E-state index is 0.719. The smallest absolute Gasteiger partial charge is 0.0945 e. The average Bonchev–Trinajstić information content (AvgIpc) is 2.63. The summed E-state index contributed by atoms with van der Waals surface area (Å²) in [5.41, 5.74) is 1.27. The standard InChI is InChI=1S/C12H21N3/c1-10-3-5-11(6-4-10)14-8-12-7-13-9-15(12)2/h7,9-11,14H,3-6,8H2,1-2H3. The summed E-state index contributed by atoms with van der Waals surface area (Å²) in [4.78, 5) is 4.12. The van der Waals surface area contributed by atoms with Gasteiger partial charge in [0.05, 0.1) is 12.0 Å². The van der Waals surface area contributed by atoms with Crippen molar-refractivity contribution in [1.82, 2.24) is 14.9 Å². The maximum Gasteiger partial charge on any atom is 0.0945 e. The van der Waals surface area contributed by atoms with Gasteiger partial charge in [0.1, 0.15) is 0 Å². The molecule has 1 saturated carbocycles. The van der Waals surface area contributed by atoms with E-state index in [0.717, 1.165) is 18.5 Å². The van der Waals surface area contributed by atoms with Crippen molar-refractivity contribution in [1.29, 1.82) is 0 Å². The van der Waals surface area contributed by atoms with Crippen LogP contribution in [0.4, 0.5) is 0 Å². The van der Waals surface area contributed by atoms with Crippen molar-refractivity contribution in [3.05, 3.63) is 18.2 Å². The molecule has 2 rings (SSSR count). The number of hydrogen-bond acceptors (Lipinski definition) is 2. The summed E-state index contributed by atoms with van der Waals surface area (Å²) in [6, 6.07) is 0.719. The molecule has 0 radical (unpaired) electrons. The van der Waals surface area contributed by atoms with Crippen LogP contribution >= 0.6 is 0 Å². The summed E-state index contributed by atoms with van der Waals surface area (Å²) in [6.07, 6.45) is 9.22. The SMILES string of the molecule is CC1CCC(NCc2cncn2C)CC1. The molecule has 84 valence electrons. The third-order valence-corrected chi connectivity index (χ3v) is 3.50. The molecule has 0 saturated heterocycles. The zero-order valence-electron chi connectivity index (χ0n) is 9.74. The maximum absolute atomic E-state index is 4.12. The van der Waals surface area contributed by atoms with E-state index in [4.69, 9.17) is 0 Å². The Balaban J connectivity index is 1.77. The van der Waals surface area contributed by atoms with Gasteiger partial charge in [0.25, 0.3) is 0 Å². The van der Waals surface area contributed by atoms with Gasteiger partial charge in [-0.1, -0.05) is 6.92 Å². The van der Waals surface area contributed by atoms with Gasteiger partial charge in [-0.05, 0) is 31.6 Å². The van der Waals surface area contributed by atoms with E-state index < -0.39 is 0 Å². The van der Waals surface area contributed by atoms with Crippen LogP contribution in [0.25, 0.3) is 0 Å². The lowest BCUT2D eigenvalue weighted by Gasteiger charge is -2.27. The predicted molar refractivity (Wildman–Crippen MR) is 61.5 cm³/mol. The van der Waals surface area contributed by atoms with E-state index in [0.29, 0.717) is 0 Å². The van der Waals surface area contributed by atoms with Crippen LogP contribution in [0.5, 0.6) is 0 Å². The zero-order valence-corrected chi connectivity index (χ0v) is 9.74. The predicted octanol–water partition coefficient (Wildman–Crippen LogP) is 2.09. The third-order valence-electron chi connectivity index (χ3n) is 3.50. The molecule has 1 heterocycles. The minimum absolute atomic E-state index is 0.719. The Morgan fingerprint density at radius 2 is 2.13 bits per heavy atom. The highest BCUT2D eigenvalue weighted by molar-refractivity contribution is 4.97. The summed E-state index contributed by atoms with van der Waals surface area (Å²) in [6.45, 7) is 3.31. The number of aromatic nitrogens is 2. The van der Waals surface area contributed by atoms with Crippen LogP contribution in [-0.2, 0) is 13.6 Å². The lowest BCUT2D eigenvalue weighted by atomic mass is 9.87. The van der Waals surface area contributed by atoms with Gasteiger partial charge in [0.2, 0.25) is 0 Å². The van der Waals surface area contributed by atoms with Crippen molar-refractivity contribution in [3.8, 4) is 0 Å². The second-order valence-electron chi connectivity index (χ2n) is 4.83. The zero-order chi connectivity index (χ0) is 10.7. The van der Waals surface area contributed by atoms with Gasteiger partial charge in [-0.3, -0.25) is 0 Å². The lowest BCUT2D eigenvalue weighted by molar-refractivity contribution is 0.305. The van der Waals surface area contributed by atoms with Crippen LogP contribution < -0.4 is 5.32 Å². The molecule has 3 heteroatoms. The van der Waals surface area contributed by atoms with Gasteiger partial charge >= 0.3 is 0 Å². The molecule has 1 aromatic rings. The number of imidazole rings is 1. The molecular formula is C12H21N3. The topological polar surface area (TPSA) is 29.9 Å². The van der Waals surface area contributed by atoms with Gasteiger partial charge in [-0.15, -0.1) is 0 Å². The first-order valence-corrected chi connectivity index (χ1v) is 5.94. The molecule has 0 atom stereocenters. The second-order valence-corrected chi connectivity index (χ2v) is 4.83. The van der Waals surface area contributed by atoms with E-state index in [1.807, 2.05) is 19.6 Å². The fourth-order valence-electron chi connectivity index (χ4n) is 2.27. The highest BCUT2D eigenvalue weighted by Gasteiger charge is 2.17. The molecule has 0 unspecified atom stereocenters. The van der Waals surface area contributed by atoms with Gasteiger partial charge < -0.3 is 9.88 Å². The van der Waals surface area contributed by atoms with Crippen LogP contribution in [0, 0.1) is 5.92 Å². The normalized spacial score (nSPS) is 26.8. The molecule has 0 amide bonds. The van der Waals surface area contributed by atoms with Crippen molar-refractivity contribution < 1.29 is 0 Å². The van der Waals surface area contributed by atoms with E-state index in [2.05, 4.69) is 21.8 Å². The molecule has 1 fully saturated rings. The van der Waals surface area contributed by atoms with E-state index in [1.54, 1.807) is 0 Å². The Hall–Kier alpha value is -0.830. The minimum Gasteiger partial charge on any atom is -0.337 e. The Morgan fingerprint density at radius 3 is 2.73 bits per heavy atom. The average molecular weight is 207 g/mol. The maximum atomic E-state index is 4.12. The van der Waals surface area contributed by atoms with Crippen molar-refractivity contribution in [2.24, 2.45) is 13.0 Å². The molecule has 0 spiro atoms. The molecule has 0 bridgehead atoms. The summed E-state index contributed by atoms with van der Waals surface area (Å²) in [5, 5.41) is 3.62. The molecule has 0 aliphatic heterocycles. The first-order chi connectivity index (χ1) is 7.25. The molecule has 3 nitrogen and oxygen atoms in total. The number of nitrogens with zero attached hydrogens (tertiary/aromatic N) is 2. The third kappa shape index (κ3) is 2.81. The Labute approximate surface area is 91.9 Å². The van der Waals surface area contributed by atoms with E-state index in [1.165, 1.54) is 31.4 Å². The molecule has 15 heavy (non-hydrogen) atoms. The first-order valence-electron chi connectivity index (χ1n) is 5.94. The van der Waals surface area contributed by atoms with Gasteiger partial charge in [-0.2, -0.15) is 0 Å². The van der Waals surface area contributed by atoms with Crippen LogP contribution in [0.1, 0.15) is 38.3 Å². The Morgan fingerprint density at radius 1 is 1.40 bits per heavy atom. The van der Waals surface area contributed by atoms with E-state index in [9.17, 15) is 0 Å². The summed E-state index contributed by atoms with van der Waals surface area (Å²) in [7, 11) is 2.05. The molecule has 1 aliphatic carbocycles. The number of aryl methyl sites for hydroxylation is 1. The fourth-order valence-corrected chi connectivity index (χ4v) is 2.27. The quantitative estimate of drug-likeness (QED) is 0.822. The highest BCUT2D eigenvalue weighted by atomic mass is 15.0. The van der Waals surface area contributed by atoms with Gasteiger partial charge in [0.15, 0.2) is 0 Å². The Kier molecular flexibility index (Phi) is 3.41. The number of nitrogens with one attached hydrogen (secondary N) is 1. The van der Waals surface area contributed by atoms with Crippen molar-refractivity contribution in [2.75, 3.05) is 0 Å². The van der Waals surface area contributed by atoms with E-state index in [-0.39, 0.29) is 0 Å². The monoisotopic (exact) mass is 207 g/mol. The van der Waals surface area contributed by atoms with Crippen molar-refractivity contribution in [2.45, 2.75) is 45.2 Å². The number of hydrogen-bond donors (Lipinski definition) is 1. The van der Waals surface area contributed by atoms with Crippen LogP contribution in [0.15, 0.2) is 12.5 Å². The van der Waals surface area contributed by atoms with Gasteiger partial charge in [0, 0.05) is 25.8 Å². The van der Waals surface area contributed by atoms with Crippen LogP contribution in [0.3, 0.4) is 0 Å². The summed E-state index contributed by atoms with van der Waals surface area (Å²) >= 11 is 0. The number of rotatable bonds is 3. The molecule has 1 aromatic heterocycles. The fraction of sp³-hybridized carbons (Fsp3) is 0.750. The lowest BCUT2D eigenvalue weighted by Crippen LogP contribution is -2.32. The second kappa shape index (κ2) is 4.79. The van der Waals surface area contributed by atoms with Crippen LogP contribution in [0.2, 0.25) is 0 Å². The summed E-state index contributed by atoms with van der Waals surface area (Å²) in [5.74, 6) is 0.930. The molecule has 0 aromatic carbocycles. The summed E-state index contributed by atoms with van der Waals surface area (Å²) < 4.78 is 2.08. The molecule has 1 N–H and O–H groups in total. The Bertz CT molecular complexity index is 298. The highest BCUT2D eigenvalue weighted by Crippen LogP contribution is 2.23. The van der Waals surface area contributed by atoms with Crippen molar-refractivity contribution >= 4 is 0 Å². The van der Waals surface area contributed by atoms with E-state index >= 15 is 0 Å². The van der Waals surface area contributed by atoms with Gasteiger partial charge in [-0.25, -0.2) is 4.98 Å². The first kappa shape index (κ1) is 10.7. The molecule has 1 aliphatic rings. The van der Waals surface area contributed by atoms with Crippen LogP contribution in [-0.4, -0.2) is 15.6 Å². The van der Waals surface area contributed by atoms with Crippen molar-refractivity contribution in [3.63, 3.8) is 0 Å².